The summed E-state index contributed by atoms with van der Waals surface area (Å²) in [6, 6.07) is 11.0. The van der Waals surface area contributed by atoms with Gasteiger partial charge in [0.2, 0.25) is 0 Å². The lowest BCUT2D eigenvalue weighted by molar-refractivity contribution is 0.493. The maximum atomic E-state index is 5.77. The fourth-order valence-electron chi connectivity index (χ4n) is 4.58. The van der Waals surface area contributed by atoms with Crippen molar-refractivity contribution in [1.29, 1.82) is 0 Å². The molecule has 1 heteroatoms. The van der Waals surface area contributed by atoms with Crippen molar-refractivity contribution < 1.29 is 0 Å². The van der Waals surface area contributed by atoms with E-state index in [0.29, 0.717) is 0 Å². The Morgan fingerprint density at radius 1 is 1.21 bits per heavy atom. The number of nitrogens with one attached hydrogen (secondary N) is 1. The van der Waals surface area contributed by atoms with Gasteiger partial charge in [0.15, 0.2) is 0 Å². The highest BCUT2D eigenvalue weighted by Gasteiger charge is 2.16. The number of terminal acetylenes is 1. The fraction of sp³-hybridized carbons (Fsp3) is 0.500. The van der Waals surface area contributed by atoms with Gasteiger partial charge >= 0.3 is 0 Å². The van der Waals surface area contributed by atoms with Crippen molar-refractivity contribution in [3.63, 3.8) is 0 Å². The molecule has 1 aliphatic rings. The van der Waals surface area contributed by atoms with E-state index in [1.807, 2.05) is 0 Å². The predicted octanol–water partition coefficient (Wildman–Crippen LogP) is 7.82. The number of H-pyrrole nitrogens is 1. The van der Waals surface area contributed by atoms with Gasteiger partial charge in [-0.25, -0.2) is 0 Å². The molecule has 1 aliphatic carbocycles. The van der Waals surface area contributed by atoms with Gasteiger partial charge in [0.05, 0.1) is 0 Å². The molecule has 29 heavy (non-hydrogen) atoms. The van der Waals surface area contributed by atoms with E-state index < -0.39 is 0 Å². The maximum Gasteiger partial charge on any atom is 0.0459 e. The van der Waals surface area contributed by atoms with Gasteiger partial charge in [-0.2, -0.15) is 0 Å². The first-order valence-corrected chi connectivity index (χ1v) is 11.4. The highest BCUT2D eigenvalue weighted by molar-refractivity contribution is 5.62. The Morgan fingerprint density at radius 3 is 2.69 bits per heavy atom. The van der Waals surface area contributed by atoms with Gasteiger partial charge in [-0.05, 0) is 75.5 Å². The molecule has 1 fully saturated rings. The zero-order chi connectivity index (χ0) is 20.8. The smallest absolute Gasteiger partial charge is 0.0459 e. The molecule has 2 aromatic rings. The van der Waals surface area contributed by atoms with Crippen LogP contribution >= 0.6 is 0 Å². The predicted molar refractivity (Wildman–Crippen MR) is 126 cm³/mol. The molecule has 3 unspecified atom stereocenters. The summed E-state index contributed by atoms with van der Waals surface area (Å²) in [6.07, 6.45) is 17.4. The number of hydrogen-bond donors (Lipinski definition) is 1. The standard InChI is InChI=1S/C28H37N/c1-6-23(5)26-19-28(25-15-11-21(3)12-16-25)29-27(26)17-13-22(4)18-24-9-7-8-20(2)10-14-24/h1,11-12,15-16,18-20,23-24,29H,7-10,13-14,17H2,2-5H3/b22-18-. The average Bonchev–Trinajstić information content (AvgIpc) is 3.04. The zero-order valence-electron chi connectivity index (χ0n) is 18.7. The lowest BCUT2D eigenvalue weighted by Gasteiger charge is -2.12. The van der Waals surface area contributed by atoms with Crippen molar-refractivity contribution >= 4 is 0 Å². The van der Waals surface area contributed by atoms with Crippen LogP contribution in [-0.4, -0.2) is 4.98 Å². The summed E-state index contributed by atoms with van der Waals surface area (Å²) in [7, 11) is 0. The molecular formula is C28H37N. The minimum Gasteiger partial charge on any atom is -0.358 e. The number of allylic oxidation sites excluding steroid dienone is 2. The number of hydrogen-bond acceptors (Lipinski definition) is 0. The topological polar surface area (TPSA) is 15.8 Å². The number of aromatic amines is 1. The highest BCUT2D eigenvalue weighted by Crippen LogP contribution is 2.31. The van der Waals surface area contributed by atoms with Crippen molar-refractivity contribution in [2.45, 2.75) is 78.6 Å². The van der Waals surface area contributed by atoms with E-state index in [2.05, 4.69) is 75.0 Å². The third kappa shape index (κ3) is 5.89. The van der Waals surface area contributed by atoms with Crippen LogP contribution < -0.4 is 0 Å². The third-order valence-electron chi connectivity index (χ3n) is 6.60. The molecule has 1 nitrogen and oxygen atoms in total. The summed E-state index contributed by atoms with van der Waals surface area (Å²) in [6.45, 7) is 8.97. The second-order valence-electron chi connectivity index (χ2n) is 9.26. The van der Waals surface area contributed by atoms with Gasteiger partial charge in [-0.3, -0.25) is 0 Å². The highest BCUT2D eigenvalue weighted by atomic mass is 14.7. The molecule has 1 aromatic carbocycles. The molecule has 1 N–H and O–H groups in total. The van der Waals surface area contributed by atoms with E-state index in [9.17, 15) is 0 Å². The first kappa shape index (κ1) is 21.5. The molecule has 0 amide bonds. The summed E-state index contributed by atoms with van der Waals surface area (Å²) in [5.41, 5.74) is 7.79. The SMILES string of the molecule is C#CC(C)c1cc(-c2ccc(C)cc2)[nH]c1CC/C(C)=C\C1CCCC(C)CC1. The molecule has 3 rings (SSSR count). The van der Waals surface area contributed by atoms with Crippen molar-refractivity contribution in [2.75, 3.05) is 0 Å². The fourth-order valence-corrected chi connectivity index (χ4v) is 4.58. The molecule has 0 radical (unpaired) electrons. The van der Waals surface area contributed by atoms with Gasteiger partial charge in [0, 0.05) is 17.3 Å². The Balaban J connectivity index is 1.72. The third-order valence-corrected chi connectivity index (χ3v) is 6.60. The largest absolute Gasteiger partial charge is 0.358 e. The van der Waals surface area contributed by atoms with Gasteiger partial charge in [-0.15, -0.1) is 6.42 Å². The van der Waals surface area contributed by atoms with Gasteiger partial charge in [-0.1, -0.05) is 73.6 Å². The van der Waals surface area contributed by atoms with Gasteiger partial charge in [0.1, 0.15) is 0 Å². The molecule has 154 valence electrons. The molecule has 0 saturated heterocycles. The Hall–Kier alpha value is -2.20. The molecule has 1 aromatic heterocycles. The summed E-state index contributed by atoms with van der Waals surface area (Å²) < 4.78 is 0. The van der Waals surface area contributed by atoms with Gasteiger partial charge < -0.3 is 4.98 Å². The first-order chi connectivity index (χ1) is 14.0. The quantitative estimate of drug-likeness (QED) is 0.295. The van der Waals surface area contributed by atoms with E-state index >= 15 is 0 Å². The van der Waals surface area contributed by atoms with Crippen molar-refractivity contribution in [1.82, 2.24) is 4.98 Å². The Labute approximate surface area is 178 Å². The number of rotatable bonds is 6. The van der Waals surface area contributed by atoms with Crippen molar-refractivity contribution in [3.8, 4) is 23.6 Å². The molecule has 1 saturated carbocycles. The molecule has 1 heterocycles. The van der Waals surface area contributed by atoms with Crippen molar-refractivity contribution in [3.05, 3.63) is 58.8 Å². The lowest BCUT2D eigenvalue weighted by atomic mass is 9.94. The van der Waals surface area contributed by atoms with E-state index in [-0.39, 0.29) is 5.92 Å². The summed E-state index contributed by atoms with van der Waals surface area (Å²) >= 11 is 0. The van der Waals surface area contributed by atoms with Gasteiger partial charge in [0.25, 0.3) is 0 Å². The van der Waals surface area contributed by atoms with E-state index in [4.69, 9.17) is 6.42 Å². The first-order valence-electron chi connectivity index (χ1n) is 11.4. The van der Waals surface area contributed by atoms with Crippen LogP contribution in [0, 0.1) is 31.1 Å². The Kier molecular flexibility index (Phi) is 7.43. The lowest BCUT2D eigenvalue weighted by Crippen LogP contribution is -1.99. The van der Waals surface area contributed by atoms with Crippen LogP contribution in [0.3, 0.4) is 0 Å². The van der Waals surface area contributed by atoms with Crippen molar-refractivity contribution in [2.24, 2.45) is 11.8 Å². The number of benzene rings is 1. The summed E-state index contributed by atoms with van der Waals surface area (Å²) in [5, 5.41) is 0. The van der Waals surface area contributed by atoms with Crippen LogP contribution in [0.25, 0.3) is 11.3 Å². The number of aromatic nitrogens is 1. The second kappa shape index (κ2) is 10.0. The average molecular weight is 388 g/mol. The molecule has 3 atom stereocenters. The normalized spacial score (nSPS) is 21.4. The van der Waals surface area contributed by atoms with E-state index in [0.717, 1.165) is 24.7 Å². The summed E-state index contributed by atoms with van der Waals surface area (Å²) in [4.78, 5) is 3.68. The van der Waals surface area contributed by atoms with E-state index in [1.165, 1.54) is 65.8 Å². The molecule has 0 spiro atoms. The van der Waals surface area contributed by atoms with Crippen LogP contribution in [0.2, 0.25) is 0 Å². The second-order valence-corrected chi connectivity index (χ2v) is 9.26. The monoisotopic (exact) mass is 387 g/mol. The zero-order valence-corrected chi connectivity index (χ0v) is 18.7. The van der Waals surface area contributed by atoms with Crippen LogP contribution in [0.4, 0.5) is 0 Å². The molecule has 0 aliphatic heterocycles. The van der Waals surface area contributed by atoms with Crippen LogP contribution in [0.15, 0.2) is 42.0 Å². The number of aryl methyl sites for hydroxylation is 2. The minimum absolute atomic E-state index is 0.132. The minimum atomic E-state index is 0.132. The maximum absolute atomic E-state index is 5.77. The van der Waals surface area contributed by atoms with Crippen LogP contribution in [0.1, 0.15) is 82.0 Å². The van der Waals surface area contributed by atoms with E-state index in [1.54, 1.807) is 0 Å². The van der Waals surface area contributed by atoms with Crippen LogP contribution in [0.5, 0.6) is 0 Å². The van der Waals surface area contributed by atoms with Crippen LogP contribution in [-0.2, 0) is 6.42 Å². The molecular weight excluding hydrogens is 350 g/mol. The Morgan fingerprint density at radius 2 is 1.97 bits per heavy atom. The molecule has 0 bridgehead atoms. The Bertz CT molecular complexity index is 859. The summed E-state index contributed by atoms with van der Waals surface area (Å²) in [5.74, 6) is 4.74.